The van der Waals surface area contributed by atoms with Crippen molar-refractivity contribution >= 4 is 32.3 Å². The molecule has 0 amide bonds. The molecule has 0 saturated carbocycles. The van der Waals surface area contributed by atoms with Gasteiger partial charge in [-0.3, -0.25) is 0 Å². The molecule has 6 aromatic carbocycles. The van der Waals surface area contributed by atoms with E-state index in [1.165, 1.54) is 55.4 Å². The van der Waals surface area contributed by atoms with Gasteiger partial charge in [0.15, 0.2) is 0 Å². The highest BCUT2D eigenvalue weighted by atomic mass is 16.5. The lowest BCUT2D eigenvalue weighted by Gasteiger charge is -2.18. The molecule has 1 heteroatoms. The molecule has 0 radical (unpaired) electrons. The Bertz CT molecular complexity index is 1590. The third kappa shape index (κ3) is 3.18. The predicted molar refractivity (Wildman–Crippen MR) is 141 cm³/mol. The smallest absolute Gasteiger partial charge is 0.127 e. The van der Waals surface area contributed by atoms with Crippen LogP contribution < -0.4 is 4.74 Å². The van der Waals surface area contributed by atoms with Crippen LogP contribution in [0.5, 0.6) is 5.75 Å². The van der Waals surface area contributed by atoms with Crippen LogP contribution in [-0.4, -0.2) is 0 Å². The van der Waals surface area contributed by atoms with Gasteiger partial charge in [-0.05, 0) is 66.7 Å². The first-order valence-electron chi connectivity index (χ1n) is 11.1. The molecule has 6 aromatic rings. The fourth-order valence-corrected chi connectivity index (χ4v) is 4.98. The van der Waals surface area contributed by atoms with E-state index >= 15 is 0 Å². The minimum atomic E-state index is 0.795. The van der Waals surface area contributed by atoms with Crippen molar-refractivity contribution in [1.82, 2.24) is 0 Å². The summed E-state index contributed by atoms with van der Waals surface area (Å²) in [7, 11) is 0. The zero-order chi connectivity index (χ0) is 22.2. The predicted octanol–water partition coefficient (Wildman–Crippen LogP) is 9.00. The van der Waals surface area contributed by atoms with Crippen molar-refractivity contribution in [3.8, 4) is 28.0 Å². The molecule has 0 spiro atoms. The van der Waals surface area contributed by atoms with Crippen molar-refractivity contribution in [3.05, 3.63) is 128 Å². The van der Waals surface area contributed by atoms with Gasteiger partial charge >= 0.3 is 0 Å². The highest BCUT2D eigenvalue weighted by Crippen LogP contribution is 2.45. The van der Waals surface area contributed by atoms with E-state index in [-0.39, 0.29) is 0 Å². The van der Waals surface area contributed by atoms with Crippen molar-refractivity contribution in [2.45, 2.75) is 0 Å². The summed E-state index contributed by atoms with van der Waals surface area (Å²) in [5.41, 5.74) is 5.02. The van der Waals surface area contributed by atoms with Gasteiger partial charge in [-0.25, -0.2) is 0 Å². The minimum Gasteiger partial charge on any atom is -0.466 e. The van der Waals surface area contributed by atoms with E-state index in [1.54, 1.807) is 0 Å². The van der Waals surface area contributed by atoms with Crippen LogP contribution in [0.1, 0.15) is 0 Å². The Morgan fingerprint density at radius 3 is 1.76 bits per heavy atom. The molecule has 0 heterocycles. The minimum absolute atomic E-state index is 0.795. The third-order valence-electron chi connectivity index (χ3n) is 6.33. The van der Waals surface area contributed by atoms with E-state index in [1.807, 2.05) is 6.07 Å². The molecule has 156 valence electrons. The first-order chi connectivity index (χ1) is 16.3. The molecular formula is C32H22O. The standard InChI is InChI=1S/C32H22O/c1-2-33-24-19-20-25-23(21-24)13-10-18-26(25)32-29-16-8-6-14-27(29)31(22-11-4-3-5-12-22)28-15-7-9-17-30(28)32/h2-21H,1H2. The van der Waals surface area contributed by atoms with Crippen molar-refractivity contribution in [2.75, 3.05) is 0 Å². The lowest BCUT2D eigenvalue weighted by Crippen LogP contribution is -1.91. The molecule has 0 unspecified atom stereocenters. The largest absolute Gasteiger partial charge is 0.466 e. The van der Waals surface area contributed by atoms with E-state index in [0.29, 0.717) is 0 Å². The highest BCUT2D eigenvalue weighted by molar-refractivity contribution is 6.23. The van der Waals surface area contributed by atoms with E-state index in [0.717, 1.165) is 11.1 Å². The van der Waals surface area contributed by atoms with E-state index in [4.69, 9.17) is 4.74 Å². The molecule has 0 N–H and O–H groups in total. The van der Waals surface area contributed by atoms with Crippen molar-refractivity contribution < 1.29 is 4.74 Å². The van der Waals surface area contributed by atoms with Gasteiger partial charge in [0, 0.05) is 0 Å². The second kappa shape index (κ2) is 7.96. The summed E-state index contributed by atoms with van der Waals surface area (Å²) < 4.78 is 5.53. The van der Waals surface area contributed by atoms with Crippen LogP contribution >= 0.6 is 0 Å². The number of hydrogen-bond donors (Lipinski definition) is 0. The molecule has 0 aliphatic rings. The lowest BCUT2D eigenvalue weighted by molar-refractivity contribution is 0.484. The fourth-order valence-electron chi connectivity index (χ4n) is 4.98. The number of hydrogen-bond acceptors (Lipinski definition) is 1. The Kier molecular flexibility index (Phi) is 4.66. The number of fused-ring (bicyclic) bond motifs is 3. The van der Waals surface area contributed by atoms with Crippen LogP contribution in [0, 0.1) is 0 Å². The summed E-state index contributed by atoms with van der Waals surface area (Å²) in [5.74, 6) is 0.795. The summed E-state index contributed by atoms with van der Waals surface area (Å²) in [5, 5.41) is 7.40. The quantitative estimate of drug-likeness (QED) is 0.203. The van der Waals surface area contributed by atoms with Crippen LogP contribution in [0.3, 0.4) is 0 Å². The van der Waals surface area contributed by atoms with Gasteiger partial charge in [0.25, 0.3) is 0 Å². The highest BCUT2D eigenvalue weighted by Gasteiger charge is 2.17. The molecule has 0 aliphatic carbocycles. The molecule has 33 heavy (non-hydrogen) atoms. The Morgan fingerprint density at radius 1 is 0.515 bits per heavy atom. The maximum atomic E-state index is 5.53. The summed E-state index contributed by atoms with van der Waals surface area (Å²) >= 11 is 0. The van der Waals surface area contributed by atoms with E-state index in [9.17, 15) is 0 Å². The van der Waals surface area contributed by atoms with Gasteiger partial charge in [-0.1, -0.05) is 110 Å². The molecule has 6 rings (SSSR count). The van der Waals surface area contributed by atoms with Gasteiger partial charge < -0.3 is 4.74 Å². The van der Waals surface area contributed by atoms with Crippen molar-refractivity contribution in [2.24, 2.45) is 0 Å². The molecule has 0 bridgehead atoms. The second-order valence-corrected chi connectivity index (χ2v) is 8.18. The molecule has 0 aliphatic heterocycles. The zero-order valence-electron chi connectivity index (χ0n) is 18.2. The Hall–Kier alpha value is -4.36. The van der Waals surface area contributed by atoms with Crippen molar-refractivity contribution in [1.29, 1.82) is 0 Å². The first-order valence-corrected chi connectivity index (χ1v) is 11.1. The number of rotatable bonds is 4. The first kappa shape index (κ1) is 19.3. The van der Waals surface area contributed by atoms with Crippen LogP contribution in [0.15, 0.2) is 128 Å². The molecule has 0 aromatic heterocycles. The van der Waals surface area contributed by atoms with Gasteiger partial charge in [0.2, 0.25) is 0 Å². The van der Waals surface area contributed by atoms with Crippen LogP contribution in [0.4, 0.5) is 0 Å². The SMILES string of the molecule is C=COc1ccc2c(-c3c4ccccc4c(-c4ccccc4)c4ccccc34)cccc2c1. The van der Waals surface area contributed by atoms with Crippen LogP contribution in [0.2, 0.25) is 0 Å². The molecule has 0 saturated heterocycles. The van der Waals surface area contributed by atoms with Gasteiger partial charge in [-0.15, -0.1) is 0 Å². The molecule has 0 fully saturated rings. The molecular weight excluding hydrogens is 400 g/mol. The second-order valence-electron chi connectivity index (χ2n) is 8.18. The normalized spacial score (nSPS) is 11.2. The lowest BCUT2D eigenvalue weighted by atomic mass is 9.85. The topological polar surface area (TPSA) is 9.23 Å². The molecule has 1 nitrogen and oxygen atoms in total. The Labute approximate surface area is 193 Å². The monoisotopic (exact) mass is 422 g/mol. The summed E-state index contributed by atoms with van der Waals surface area (Å²) in [6.45, 7) is 3.68. The zero-order valence-corrected chi connectivity index (χ0v) is 18.2. The van der Waals surface area contributed by atoms with Crippen LogP contribution in [-0.2, 0) is 0 Å². The number of benzene rings is 6. The van der Waals surface area contributed by atoms with Gasteiger partial charge in [-0.2, -0.15) is 0 Å². The maximum Gasteiger partial charge on any atom is 0.127 e. The Balaban J connectivity index is 1.76. The molecule has 0 atom stereocenters. The number of ether oxygens (including phenoxy) is 1. The summed E-state index contributed by atoms with van der Waals surface area (Å²) in [6.07, 6.45) is 1.47. The third-order valence-corrected chi connectivity index (χ3v) is 6.33. The van der Waals surface area contributed by atoms with E-state index in [2.05, 4.69) is 116 Å². The average Bonchev–Trinajstić information content (AvgIpc) is 2.87. The average molecular weight is 423 g/mol. The van der Waals surface area contributed by atoms with Crippen molar-refractivity contribution in [3.63, 3.8) is 0 Å². The maximum absolute atomic E-state index is 5.53. The summed E-state index contributed by atoms with van der Waals surface area (Å²) in [6, 6.07) is 41.0. The Morgan fingerprint density at radius 2 is 1.12 bits per heavy atom. The van der Waals surface area contributed by atoms with Crippen LogP contribution in [0.25, 0.3) is 54.6 Å². The van der Waals surface area contributed by atoms with Gasteiger partial charge in [0.1, 0.15) is 5.75 Å². The van der Waals surface area contributed by atoms with Gasteiger partial charge in [0.05, 0.1) is 6.26 Å². The summed E-state index contributed by atoms with van der Waals surface area (Å²) in [4.78, 5) is 0. The fraction of sp³-hybridized carbons (Fsp3) is 0. The van der Waals surface area contributed by atoms with E-state index < -0.39 is 0 Å².